The maximum atomic E-state index is 13.7. The standard InChI is InChI=1S/C18H26FNO3/c1-18(2,3)23-17(22)20-10-8-13(9-11-20)12-16(21)14-6-4-5-7-15(14)19/h4-7,13,16,21H,8-12H2,1-3H3. The number of aliphatic hydroxyl groups is 1. The zero-order chi connectivity index (χ0) is 17.0. The van der Waals surface area contributed by atoms with Gasteiger partial charge in [0, 0.05) is 18.7 Å². The maximum Gasteiger partial charge on any atom is 0.410 e. The van der Waals surface area contributed by atoms with E-state index in [4.69, 9.17) is 4.74 Å². The minimum absolute atomic E-state index is 0.281. The lowest BCUT2D eigenvalue weighted by molar-refractivity contribution is 0.0160. The van der Waals surface area contributed by atoms with Gasteiger partial charge in [0.15, 0.2) is 0 Å². The number of carbonyl (C=O) groups excluding carboxylic acids is 1. The third kappa shape index (κ3) is 5.20. The summed E-state index contributed by atoms with van der Waals surface area (Å²) < 4.78 is 19.1. The SMILES string of the molecule is CC(C)(C)OC(=O)N1CCC(CC(O)c2ccccc2F)CC1. The summed E-state index contributed by atoms with van der Waals surface area (Å²) in [6.45, 7) is 6.78. The van der Waals surface area contributed by atoms with E-state index in [1.807, 2.05) is 20.8 Å². The Bertz CT molecular complexity index is 533. The van der Waals surface area contributed by atoms with E-state index in [1.54, 1.807) is 23.1 Å². The molecular weight excluding hydrogens is 297 g/mol. The Morgan fingerprint density at radius 3 is 2.52 bits per heavy atom. The zero-order valence-electron chi connectivity index (χ0n) is 14.1. The van der Waals surface area contributed by atoms with Crippen LogP contribution < -0.4 is 0 Å². The Kier molecular flexibility index (Phi) is 5.63. The van der Waals surface area contributed by atoms with Crippen LogP contribution in [-0.2, 0) is 4.74 Å². The van der Waals surface area contributed by atoms with Gasteiger partial charge in [-0.15, -0.1) is 0 Å². The number of aliphatic hydroxyl groups excluding tert-OH is 1. The molecule has 4 nitrogen and oxygen atoms in total. The van der Waals surface area contributed by atoms with Crippen LogP contribution >= 0.6 is 0 Å². The quantitative estimate of drug-likeness (QED) is 0.918. The molecule has 0 saturated carbocycles. The predicted octanol–water partition coefficient (Wildman–Crippen LogP) is 3.90. The van der Waals surface area contributed by atoms with Crippen molar-refractivity contribution in [3.8, 4) is 0 Å². The smallest absolute Gasteiger partial charge is 0.410 e. The molecule has 1 fully saturated rings. The molecule has 1 atom stereocenters. The van der Waals surface area contributed by atoms with Crippen LogP contribution in [0.25, 0.3) is 0 Å². The van der Waals surface area contributed by atoms with E-state index in [0.717, 1.165) is 12.8 Å². The van der Waals surface area contributed by atoms with Crippen molar-refractivity contribution in [2.75, 3.05) is 13.1 Å². The summed E-state index contributed by atoms with van der Waals surface area (Å²) in [5, 5.41) is 10.2. The number of benzene rings is 1. The summed E-state index contributed by atoms with van der Waals surface area (Å²) in [4.78, 5) is 13.7. The average molecular weight is 323 g/mol. The molecule has 128 valence electrons. The largest absolute Gasteiger partial charge is 0.444 e. The van der Waals surface area contributed by atoms with Gasteiger partial charge in [0.1, 0.15) is 11.4 Å². The number of carbonyl (C=O) groups is 1. The molecule has 2 rings (SSSR count). The number of amides is 1. The number of hydrogen-bond acceptors (Lipinski definition) is 3. The molecule has 1 saturated heterocycles. The van der Waals surface area contributed by atoms with Crippen molar-refractivity contribution in [1.29, 1.82) is 0 Å². The highest BCUT2D eigenvalue weighted by Crippen LogP contribution is 2.29. The van der Waals surface area contributed by atoms with Crippen molar-refractivity contribution in [2.45, 2.75) is 51.7 Å². The Hall–Kier alpha value is -1.62. The molecule has 1 unspecified atom stereocenters. The summed E-state index contributed by atoms with van der Waals surface area (Å²) in [7, 11) is 0. The maximum absolute atomic E-state index is 13.7. The zero-order valence-corrected chi connectivity index (χ0v) is 14.1. The predicted molar refractivity (Wildman–Crippen MR) is 86.5 cm³/mol. The molecule has 1 aromatic carbocycles. The molecule has 1 heterocycles. The molecule has 0 radical (unpaired) electrons. The molecule has 0 aromatic heterocycles. The van der Waals surface area contributed by atoms with Crippen molar-refractivity contribution < 1.29 is 19.0 Å². The number of ether oxygens (including phenoxy) is 1. The summed E-state index contributed by atoms with van der Waals surface area (Å²) in [6, 6.07) is 6.33. The van der Waals surface area contributed by atoms with E-state index in [9.17, 15) is 14.3 Å². The first-order valence-corrected chi connectivity index (χ1v) is 8.16. The topological polar surface area (TPSA) is 49.8 Å². The number of likely N-dealkylation sites (tertiary alicyclic amines) is 1. The molecule has 5 heteroatoms. The van der Waals surface area contributed by atoms with Gasteiger partial charge in [-0.05, 0) is 52.0 Å². The van der Waals surface area contributed by atoms with Crippen LogP contribution in [0.2, 0.25) is 0 Å². The molecule has 0 spiro atoms. The summed E-state index contributed by atoms with van der Waals surface area (Å²) in [6.07, 6.45) is 1.03. The van der Waals surface area contributed by atoms with Crippen LogP contribution in [0.3, 0.4) is 0 Å². The fourth-order valence-corrected chi connectivity index (χ4v) is 2.87. The van der Waals surface area contributed by atoms with Crippen molar-refractivity contribution in [3.05, 3.63) is 35.6 Å². The molecule has 1 aliphatic heterocycles. The van der Waals surface area contributed by atoms with Gasteiger partial charge in [-0.1, -0.05) is 18.2 Å². The van der Waals surface area contributed by atoms with Crippen molar-refractivity contribution >= 4 is 6.09 Å². The van der Waals surface area contributed by atoms with Crippen molar-refractivity contribution in [1.82, 2.24) is 4.90 Å². The van der Waals surface area contributed by atoms with Crippen LogP contribution in [0.1, 0.15) is 51.7 Å². The number of rotatable bonds is 3. The number of piperidine rings is 1. The van der Waals surface area contributed by atoms with Crippen LogP contribution in [0.5, 0.6) is 0 Å². The minimum Gasteiger partial charge on any atom is -0.444 e. The first kappa shape index (κ1) is 17.7. The number of hydrogen-bond donors (Lipinski definition) is 1. The number of nitrogens with zero attached hydrogens (tertiary/aromatic N) is 1. The van der Waals surface area contributed by atoms with Gasteiger partial charge in [-0.2, -0.15) is 0 Å². The molecule has 1 N–H and O–H groups in total. The normalized spacial score (nSPS) is 17.9. The third-order valence-corrected chi connectivity index (χ3v) is 4.09. The monoisotopic (exact) mass is 323 g/mol. The van der Waals surface area contributed by atoms with Gasteiger partial charge in [0.25, 0.3) is 0 Å². The highest BCUT2D eigenvalue weighted by atomic mass is 19.1. The first-order chi connectivity index (χ1) is 10.8. The molecule has 1 amide bonds. The Balaban J connectivity index is 1.83. The van der Waals surface area contributed by atoms with Crippen LogP contribution in [0.15, 0.2) is 24.3 Å². The van der Waals surface area contributed by atoms with E-state index >= 15 is 0 Å². The number of halogens is 1. The lowest BCUT2D eigenvalue weighted by atomic mass is 9.89. The van der Waals surface area contributed by atoms with Crippen LogP contribution in [-0.4, -0.2) is 34.8 Å². The third-order valence-electron chi connectivity index (χ3n) is 4.09. The van der Waals surface area contributed by atoms with Gasteiger partial charge < -0.3 is 14.7 Å². The summed E-state index contributed by atoms with van der Waals surface area (Å²) in [5.41, 5.74) is -0.142. The molecule has 0 aliphatic carbocycles. The lowest BCUT2D eigenvalue weighted by Gasteiger charge is -2.34. The van der Waals surface area contributed by atoms with Crippen LogP contribution in [0, 0.1) is 11.7 Å². The van der Waals surface area contributed by atoms with Gasteiger partial charge in [0.2, 0.25) is 0 Å². The Morgan fingerprint density at radius 2 is 1.96 bits per heavy atom. The summed E-state index contributed by atoms with van der Waals surface area (Å²) >= 11 is 0. The van der Waals surface area contributed by atoms with E-state index in [2.05, 4.69) is 0 Å². The second kappa shape index (κ2) is 7.30. The Morgan fingerprint density at radius 1 is 1.35 bits per heavy atom. The van der Waals surface area contributed by atoms with Gasteiger partial charge in [-0.25, -0.2) is 9.18 Å². The lowest BCUT2D eigenvalue weighted by Crippen LogP contribution is -2.41. The van der Waals surface area contributed by atoms with Gasteiger partial charge in [-0.3, -0.25) is 0 Å². The second-order valence-electron chi connectivity index (χ2n) is 7.18. The van der Waals surface area contributed by atoms with E-state index in [-0.39, 0.29) is 17.8 Å². The van der Waals surface area contributed by atoms with Crippen LogP contribution in [0.4, 0.5) is 9.18 Å². The highest BCUT2D eigenvalue weighted by Gasteiger charge is 2.28. The summed E-state index contributed by atoms with van der Waals surface area (Å²) in [5.74, 6) is -0.0884. The Labute approximate surface area is 137 Å². The molecule has 1 aliphatic rings. The first-order valence-electron chi connectivity index (χ1n) is 8.16. The molecule has 0 bridgehead atoms. The van der Waals surface area contributed by atoms with E-state index < -0.39 is 11.7 Å². The van der Waals surface area contributed by atoms with E-state index in [0.29, 0.717) is 25.1 Å². The molecular formula is C18H26FNO3. The second-order valence-corrected chi connectivity index (χ2v) is 7.18. The molecule has 1 aromatic rings. The van der Waals surface area contributed by atoms with Crippen molar-refractivity contribution in [3.63, 3.8) is 0 Å². The van der Waals surface area contributed by atoms with E-state index in [1.165, 1.54) is 6.07 Å². The highest BCUT2D eigenvalue weighted by molar-refractivity contribution is 5.68. The fraction of sp³-hybridized carbons (Fsp3) is 0.611. The fourth-order valence-electron chi connectivity index (χ4n) is 2.87. The van der Waals surface area contributed by atoms with Gasteiger partial charge >= 0.3 is 6.09 Å². The van der Waals surface area contributed by atoms with Gasteiger partial charge in [0.05, 0.1) is 6.10 Å². The van der Waals surface area contributed by atoms with Crippen molar-refractivity contribution in [2.24, 2.45) is 5.92 Å². The average Bonchev–Trinajstić information content (AvgIpc) is 2.46. The minimum atomic E-state index is -0.797. The molecule has 23 heavy (non-hydrogen) atoms.